The molecule has 1 aromatic carbocycles. The Morgan fingerprint density at radius 3 is 2.33 bits per heavy atom. The smallest absolute Gasteiger partial charge is 0.0722 e. The minimum Gasteiger partial charge on any atom is -0.378 e. The highest BCUT2D eigenvalue weighted by Crippen LogP contribution is 2.33. The molecule has 0 radical (unpaired) electrons. The molecule has 0 unspecified atom stereocenters. The first-order chi connectivity index (χ1) is 8.56. The first-order valence-electron chi connectivity index (χ1n) is 5.36. The normalized spacial score (nSPS) is 10.4. The Labute approximate surface area is 121 Å². The number of aryl methyl sites for hydroxylation is 1. The molecule has 0 saturated carbocycles. The number of nitrogens with zero attached hydrogens (tertiary/aromatic N) is 1. The second kappa shape index (κ2) is 5.79. The number of hydrogen-bond donors (Lipinski definition) is 1. The van der Waals surface area contributed by atoms with Gasteiger partial charge in [-0.3, -0.25) is 4.98 Å². The van der Waals surface area contributed by atoms with Crippen LogP contribution in [-0.2, 0) is 6.54 Å². The molecule has 2 aromatic rings. The molecule has 0 aliphatic heterocycles. The van der Waals surface area contributed by atoms with Gasteiger partial charge in [-0.05, 0) is 30.7 Å². The van der Waals surface area contributed by atoms with Gasteiger partial charge in [0.1, 0.15) is 0 Å². The third-order valence-electron chi connectivity index (χ3n) is 2.45. The van der Waals surface area contributed by atoms with Crippen molar-refractivity contribution in [1.82, 2.24) is 4.98 Å². The molecule has 0 aliphatic rings. The third-order valence-corrected chi connectivity index (χ3v) is 3.26. The summed E-state index contributed by atoms with van der Waals surface area (Å²) in [7, 11) is 0. The predicted octanol–water partition coefficient (Wildman–Crippen LogP) is 4.96. The number of anilines is 1. The number of halogens is 3. The Morgan fingerprint density at radius 1 is 1.11 bits per heavy atom. The van der Waals surface area contributed by atoms with Crippen LogP contribution < -0.4 is 5.32 Å². The van der Waals surface area contributed by atoms with Crippen molar-refractivity contribution in [2.24, 2.45) is 0 Å². The maximum Gasteiger partial charge on any atom is 0.0722 e. The zero-order valence-corrected chi connectivity index (χ0v) is 11.9. The van der Waals surface area contributed by atoms with Gasteiger partial charge in [0.2, 0.25) is 0 Å². The Balaban J connectivity index is 2.13. The van der Waals surface area contributed by atoms with Crippen molar-refractivity contribution >= 4 is 40.5 Å². The fourth-order valence-corrected chi connectivity index (χ4v) is 2.46. The molecule has 94 valence electrons. The molecular formula is C13H11Cl3N2. The molecule has 2 nitrogen and oxygen atoms in total. The van der Waals surface area contributed by atoms with E-state index in [9.17, 15) is 0 Å². The van der Waals surface area contributed by atoms with Gasteiger partial charge >= 0.3 is 0 Å². The molecule has 0 aliphatic carbocycles. The Bertz CT molecular complexity index is 530. The second-order valence-electron chi connectivity index (χ2n) is 3.91. The van der Waals surface area contributed by atoms with E-state index in [1.165, 1.54) is 0 Å². The lowest BCUT2D eigenvalue weighted by Crippen LogP contribution is -2.01. The summed E-state index contributed by atoms with van der Waals surface area (Å²) in [5.74, 6) is 0. The van der Waals surface area contributed by atoms with Crippen molar-refractivity contribution in [2.45, 2.75) is 13.5 Å². The van der Waals surface area contributed by atoms with E-state index in [-0.39, 0.29) is 0 Å². The largest absolute Gasteiger partial charge is 0.378 e. The molecule has 5 heteroatoms. The van der Waals surface area contributed by atoms with Gasteiger partial charge in [-0.1, -0.05) is 40.9 Å². The lowest BCUT2D eigenvalue weighted by Gasteiger charge is -2.11. The van der Waals surface area contributed by atoms with Crippen LogP contribution in [0.2, 0.25) is 15.1 Å². The number of benzene rings is 1. The van der Waals surface area contributed by atoms with Crippen molar-refractivity contribution in [3.8, 4) is 0 Å². The maximum absolute atomic E-state index is 6.08. The van der Waals surface area contributed by atoms with Crippen LogP contribution in [0.25, 0.3) is 0 Å². The van der Waals surface area contributed by atoms with Crippen molar-refractivity contribution in [2.75, 3.05) is 5.32 Å². The van der Waals surface area contributed by atoms with E-state index in [1.54, 1.807) is 12.1 Å². The van der Waals surface area contributed by atoms with E-state index >= 15 is 0 Å². The number of rotatable bonds is 3. The summed E-state index contributed by atoms with van der Waals surface area (Å²) in [5.41, 5.74) is 2.73. The average molecular weight is 302 g/mol. The van der Waals surface area contributed by atoms with E-state index in [0.29, 0.717) is 27.3 Å². The van der Waals surface area contributed by atoms with Crippen LogP contribution in [0.3, 0.4) is 0 Å². The molecule has 0 bridgehead atoms. The average Bonchev–Trinajstić information content (AvgIpc) is 2.30. The van der Waals surface area contributed by atoms with Crippen molar-refractivity contribution < 1.29 is 0 Å². The second-order valence-corrected chi connectivity index (χ2v) is 5.16. The van der Waals surface area contributed by atoms with Crippen LogP contribution in [0.1, 0.15) is 11.3 Å². The molecule has 1 N–H and O–H groups in total. The maximum atomic E-state index is 6.08. The van der Waals surface area contributed by atoms with Gasteiger partial charge < -0.3 is 5.32 Å². The molecule has 0 amide bonds. The summed E-state index contributed by atoms with van der Waals surface area (Å²) >= 11 is 18.0. The van der Waals surface area contributed by atoms with E-state index < -0.39 is 0 Å². The SMILES string of the molecule is Cc1ccc(CNc2c(Cl)cc(Cl)cc2Cl)cn1. The topological polar surface area (TPSA) is 24.9 Å². The number of nitrogens with one attached hydrogen (secondary N) is 1. The van der Waals surface area contributed by atoms with E-state index in [0.717, 1.165) is 11.3 Å². The molecule has 0 spiro atoms. The molecule has 2 rings (SSSR count). The number of pyridine rings is 1. The van der Waals surface area contributed by atoms with Gasteiger partial charge in [-0.2, -0.15) is 0 Å². The van der Waals surface area contributed by atoms with Gasteiger partial charge in [-0.15, -0.1) is 0 Å². The molecule has 1 aromatic heterocycles. The van der Waals surface area contributed by atoms with Gasteiger partial charge in [0.15, 0.2) is 0 Å². The zero-order valence-electron chi connectivity index (χ0n) is 9.67. The standard InChI is InChI=1S/C13H11Cl3N2/c1-8-2-3-9(6-17-8)7-18-13-11(15)4-10(14)5-12(13)16/h2-6,18H,7H2,1H3. The Kier molecular flexibility index (Phi) is 4.33. The van der Waals surface area contributed by atoms with Crippen LogP contribution in [0.4, 0.5) is 5.69 Å². The lowest BCUT2D eigenvalue weighted by molar-refractivity contribution is 1.09. The van der Waals surface area contributed by atoms with E-state index in [2.05, 4.69) is 10.3 Å². The predicted molar refractivity (Wildman–Crippen MR) is 77.8 cm³/mol. The van der Waals surface area contributed by atoms with Crippen LogP contribution in [0, 0.1) is 6.92 Å². The third kappa shape index (κ3) is 3.29. The van der Waals surface area contributed by atoms with Crippen molar-refractivity contribution in [3.63, 3.8) is 0 Å². The first-order valence-corrected chi connectivity index (χ1v) is 6.49. The van der Waals surface area contributed by atoms with Crippen molar-refractivity contribution in [1.29, 1.82) is 0 Å². The number of aromatic nitrogens is 1. The van der Waals surface area contributed by atoms with Crippen LogP contribution in [0.15, 0.2) is 30.5 Å². The fourth-order valence-electron chi connectivity index (χ4n) is 1.50. The quantitative estimate of drug-likeness (QED) is 0.866. The summed E-state index contributed by atoms with van der Waals surface area (Å²) in [6, 6.07) is 7.28. The van der Waals surface area contributed by atoms with Gasteiger partial charge in [0, 0.05) is 23.5 Å². The highest BCUT2D eigenvalue weighted by atomic mass is 35.5. The van der Waals surface area contributed by atoms with Gasteiger partial charge in [-0.25, -0.2) is 0 Å². The minimum absolute atomic E-state index is 0.507. The Morgan fingerprint density at radius 2 is 1.78 bits per heavy atom. The zero-order chi connectivity index (χ0) is 13.1. The van der Waals surface area contributed by atoms with Gasteiger partial charge in [0.25, 0.3) is 0 Å². The monoisotopic (exact) mass is 300 g/mol. The molecule has 0 saturated heterocycles. The van der Waals surface area contributed by atoms with Gasteiger partial charge in [0.05, 0.1) is 15.7 Å². The summed E-state index contributed by atoms with van der Waals surface area (Å²) in [5, 5.41) is 4.72. The summed E-state index contributed by atoms with van der Waals surface area (Å²) in [6.45, 7) is 2.55. The molecule has 0 fully saturated rings. The summed E-state index contributed by atoms with van der Waals surface area (Å²) < 4.78 is 0. The summed E-state index contributed by atoms with van der Waals surface area (Å²) in [4.78, 5) is 4.22. The molecule has 1 heterocycles. The highest BCUT2D eigenvalue weighted by Gasteiger charge is 2.07. The molecule has 18 heavy (non-hydrogen) atoms. The van der Waals surface area contributed by atoms with Crippen LogP contribution >= 0.6 is 34.8 Å². The molecular weight excluding hydrogens is 291 g/mol. The lowest BCUT2D eigenvalue weighted by atomic mass is 10.2. The first kappa shape index (κ1) is 13.5. The fraction of sp³-hybridized carbons (Fsp3) is 0.154. The summed E-state index contributed by atoms with van der Waals surface area (Å²) in [6.07, 6.45) is 1.82. The highest BCUT2D eigenvalue weighted by molar-refractivity contribution is 6.41. The van der Waals surface area contributed by atoms with Crippen LogP contribution in [0.5, 0.6) is 0 Å². The number of hydrogen-bond acceptors (Lipinski definition) is 2. The minimum atomic E-state index is 0.507. The van der Waals surface area contributed by atoms with Crippen molar-refractivity contribution in [3.05, 3.63) is 56.8 Å². The molecule has 0 atom stereocenters. The van der Waals surface area contributed by atoms with E-state index in [4.69, 9.17) is 34.8 Å². The van der Waals surface area contributed by atoms with Crippen LogP contribution in [-0.4, -0.2) is 4.98 Å². The Hall–Kier alpha value is -0.960. The van der Waals surface area contributed by atoms with E-state index in [1.807, 2.05) is 25.3 Å².